The molecule has 64 valence electrons. The number of nitrogens with zero attached hydrogens (tertiary/aromatic N) is 1. The fourth-order valence-corrected chi connectivity index (χ4v) is 1.18. The van der Waals surface area contributed by atoms with Crippen molar-refractivity contribution in [2.45, 2.75) is 13.0 Å². The zero-order valence-electron chi connectivity index (χ0n) is 6.62. The van der Waals surface area contributed by atoms with Crippen molar-refractivity contribution < 1.29 is 4.79 Å². The monoisotopic (exact) mass is 184 g/mol. The van der Waals surface area contributed by atoms with Gasteiger partial charge in [-0.05, 0) is 13.0 Å². The molecule has 0 bridgehead atoms. The number of nitrogens with two attached hydrogens (primary N) is 1. The van der Waals surface area contributed by atoms with Crippen LogP contribution in [0.5, 0.6) is 0 Å². The van der Waals surface area contributed by atoms with Gasteiger partial charge in [0.15, 0.2) is 0 Å². The van der Waals surface area contributed by atoms with E-state index in [1.54, 1.807) is 12.1 Å². The Morgan fingerprint density at radius 2 is 2.33 bits per heavy atom. The van der Waals surface area contributed by atoms with Crippen LogP contribution in [0.15, 0.2) is 12.1 Å². The van der Waals surface area contributed by atoms with E-state index in [9.17, 15) is 4.79 Å². The third-order valence-electron chi connectivity index (χ3n) is 1.52. The van der Waals surface area contributed by atoms with E-state index in [1.807, 2.05) is 6.92 Å². The van der Waals surface area contributed by atoms with Gasteiger partial charge in [0.2, 0.25) is 0 Å². The van der Waals surface area contributed by atoms with E-state index in [2.05, 4.69) is 4.98 Å². The minimum atomic E-state index is -0.675. The largest absolute Gasteiger partial charge is 0.318 e. The Labute approximate surface area is 75.6 Å². The van der Waals surface area contributed by atoms with E-state index in [4.69, 9.17) is 17.3 Å². The summed E-state index contributed by atoms with van der Waals surface area (Å²) < 4.78 is 0. The standard InChI is InChI=1S/C8H9ClN2O/c1-5-2-3-6(7(10)4-12)8(9)11-5/h2-4,7H,10H2,1H3/t7-/m1/s1. The Bertz CT molecular complexity index is 301. The summed E-state index contributed by atoms with van der Waals surface area (Å²) in [6.07, 6.45) is 0.637. The van der Waals surface area contributed by atoms with Crippen molar-refractivity contribution >= 4 is 17.9 Å². The first-order valence-corrected chi connectivity index (χ1v) is 3.87. The molecule has 0 aliphatic carbocycles. The third-order valence-corrected chi connectivity index (χ3v) is 1.83. The summed E-state index contributed by atoms with van der Waals surface area (Å²) in [5.74, 6) is 0. The molecule has 0 amide bonds. The van der Waals surface area contributed by atoms with Crippen LogP contribution in [-0.2, 0) is 4.79 Å². The van der Waals surface area contributed by atoms with E-state index in [-0.39, 0.29) is 0 Å². The van der Waals surface area contributed by atoms with E-state index in [0.717, 1.165) is 5.69 Å². The molecule has 0 spiro atoms. The van der Waals surface area contributed by atoms with Gasteiger partial charge in [-0.15, -0.1) is 0 Å². The smallest absolute Gasteiger partial charge is 0.141 e. The molecule has 1 heterocycles. The van der Waals surface area contributed by atoms with Gasteiger partial charge in [0.25, 0.3) is 0 Å². The van der Waals surface area contributed by atoms with Gasteiger partial charge in [-0.3, -0.25) is 0 Å². The third kappa shape index (κ3) is 1.81. The molecule has 1 aromatic heterocycles. The number of carbonyl (C=O) groups excluding carboxylic acids is 1. The van der Waals surface area contributed by atoms with E-state index in [0.29, 0.717) is 17.0 Å². The summed E-state index contributed by atoms with van der Waals surface area (Å²) in [5.41, 5.74) is 6.83. The van der Waals surface area contributed by atoms with Gasteiger partial charge in [0, 0.05) is 11.3 Å². The highest BCUT2D eigenvalue weighted by molar-refractivity contribution is 6.30. The normalized spacial score (nSPS) is 12.6. The number of pyridine rings is 1. The van der Waals surface area contributed by atoms with Crippen molar-refractivity contribution in [3.05, 3.63) is 28.5 Å². The molecule has 0 aliphatic rings. The van der Waals surface area contributed by atoms with E-state index < -0.39 is 6.04 Å². The summed E-state index contributed by atoms with van der Waals surface area (Å²) in [6, 6.07) is 2.81. The van der Waals surface area contributed by atoms with Gasteiger partial charge in [0.05, 0.1) is 6.04 Å². The van der Waals surface area contributed by atoms with Gasteiger partial charge in [-0.25, -0.2) is 4.98 Å². The van der Waals surface area contributed by atoms with Crippen LogP contribution in [0.2, 0.25) is 5.15 Å². The minimum absolute atomic E-state index is 0.301. The average molecular weight is 185 g/mol. The molecule has 12 heavy (non-hydrogen) atoms. The molecule has 0 saturated heterocycles. The van der Waals surface area contributed by atoms with Crippen molar-refractivity contribution in [2.24, 2.45) is 5.73 Å². The molecule has 0 aliphatic heterocycles. The first kappa shape index (κ1) is 9.16. The highest BCUT2D eigenvalue weighted by Gasteiger charge is 2.09. The Kier molecular flexibility index (Phi) is 2.78. The topological polar surface area (TPSA) is 56.0 Å². The lowest BCUT2D eigenvalue weighted by molar-refractivity contribution is -0.109. The predicted molar refractivity (Wildman–Crippen MR) is 47.0 cm³/mol. The van der Waals surface area contributed by atoms with Crippen LogP contribution < -0.4 is 5.73 Å². The Morgan fingerprint density at radius 3 is 2.83 bits per heavy atom. The van der Waals surface area contributed by atoms with Crippen LogP contribution in [-0.4, -0.2) is 11.3 Å². The molecule has 1 aromatic rings. The van der Waals surface area contributed by atoms with Gasteiger partial charge in [-0.2, -0.15) is 0 Å². The summed E-state index contributed by atoms with van der Waals surface area (Å²) >= 11 is 5.75. The van der Waals surface area contributed by atoms with Gasteiger partial charge < -0.3 is 10.5 Å². The lowest BCUT2D eigenvalue weighted by atomic mass is 10.1. The predicted octanol–water partition coefficient (Wildman–Crippen LogP) is 1.24. The van der Waals surface area contributed by atoms with Crippen LogP contribution in [0.3, 0.4) is 0 Å². The highest BCUT2D eigenvalue weighted by atomic mass is 35.5. The molecule has 1 rings (SSSR count). The zero-order chi connectivity index (χ0) is 9.14. The Balaban J connectivity index is 3.09. The molecule has 0 aromatic carbocycles. The number of rotatable bonds is 2. The molecule has 1 atom stereocenters. The lowest BCUT2D eigenvalue weighted by Gasteiger charge is -2.05. The number of halogens is 1. The molecule has 0 fully saturated rings. The second-order valence-corrected chi connectivity index (χ2v) is 2.85. The van der Waals surface area contributed by atoms with Crippen molar-refractivity contribution in [1.29, 1.82) is 0 Å². The highest BCUT2D eigenvalue weighted by Crippen LogP contribution is 2.18. The first-order valence-electron chi connectivity index (χ1n) is 3.49. The molecule has 4 heteroatoms. The van der Waals surface area contributed by atoms with Crippen LogP contribution in [0.1, 0.15) is 17.3 Å². The summed E-state index contributed by atoms with van der Waals surface area (Å²) in [5, 5.41) is 0.301. The molecule has 0 saturated carbocycles. The maximum atomic E-state index is 10.3. The number of aryl methyl sites for hydroxylation is 1. The SMILES string of the molecule is Cc1ccc([C@H](N)C=O)c(Cl)n1. The fraction of sp³-hybridized carbons (Fsp3) is 0.250. The Hall–Kier alpha value is -0.930. The maximum Gasteiger partial charge on any atom is 0.141 e. The van der Waals surface area contributed by atoms with Crippen molar-refractivity contribution in [3.63, 3.8) is 0 Å². The van der Waals surface area contributed by atoms with Crippen LogP contribution in [0, 0.1) is 6.92 Å². The number of aromatic nitrogens is 1. The second-order valence-electron chi connectivity index (χ2n) is 2.49. The summed E-state index contributed by atoms with van der Waals surface area (Å²) in [7, 11) is 0. The quantitative estimate of drug-likeness (QED) is 0.556. The van der Waals surface area contributed by atoms with Crippen LogP contribution >= 0.6 is 11.6 Å². The Morgan fingerprint density at radius 1 is 1.67 bits per heavy atom. The number of hydrogen-bond acceptors (Lipinski definition) is 3. The second kappa shape index (κ2) is 3.65. The molecule has 0 radical (unpaired) electrons. The first-order chi connectivity index (χ1) is 5.65. The molecule has 0 unspecified atom stereocenters. The number of hydrogen-bond donors (Lipinski definition) is 1. The number of aldehydes is 1. The number of carbonyl (C=O) groups is 1. The molecular formula is C8H9ClN2O. The summed E-state index contributed by atoms with van der Waals surface area (Å²) in [6.45, 7) is 1.82. The van der Waals surface area contributed by atoms with Crippen molar-refractivity contribution in [1.82, 2.24) is 4.98 Å². The van der Waals surface area contributed by atoms with Crippen molar-refractivity contribution in [2.75, 3.05) is 0 Å². The van der Waals surface area contributed by atoms with Gasteiger partial charge in [0.1, 0.15) is 11.4 Å². The van der Waals surface area contributed by atoms with E-state index in [1.165, 1.54) is 0 Å². The van der Waals surface area contributed by atoms with Gasteiger partial charge in [-0.1, -0.05) is 17.7 Å². The maximum absolute atomic E-state index is 10.3. The van der Waals surface area contributed by atoms with Crippen LogP contribution in [0.4, 0.5) is 0 Å². The minimum Gasteiger partial charge on any atom is -0.318 e. The lowest BCUT2D eigenvalue weighted by Crippen LogP contribution is -2.12. The zero-order valence-corrected chi connectivity index (χ0v) is 7.38. The fourth-order valence-electron chi connectivity index (χ4n) is 0.858. The van der Waals surface area contributed by atoms with Gasteiger partial charge >= 0.3 is 0 Å². The van der Waals surface area contributed by atoms with Crippen molar-refractivity contribution in [3.8, 4) is 0 Å². The van der Waals surface area contributed by atoms with E-state index >= 15 is 0 Å². The molecule has 3 nitrogen and oxygen atoms in total. The average Bonchev–Trinajstić information content (AvgIpc) is 2.03. The molecular weight excluding hydrogens is 176 g/mol. The summed E-state index contributed by atoms with van der Waals surface area (Å²) in [4.78, 5) is 14.3. The van der Waals surface area contributed by atoms with Crippen LogP contribution in [0.25, 0.3) is 0 Å². The molecule has 2 N–H and O–H groups in total.